The Balaban J connectivity index is 0.000000136. The first-order chi connectivity index (χ1) is 57.0. The molecular formula is C90H76N16O12. The van der Waals surface area contributed by atoms with Gasteiger partial charge >= 0.3 is 0 Å². The van der Waals surface area contributed by atoms with E-state index in [9.17, 15) is 38.4 Å². The predicted octanol–water partition coefficient (Wildman–Crippen LogP) is 4.68. The summed E-state index contributed by atoms with van der Waals surface area (Å²) in [7, 11) is 9.60. The van der Waals surface area contributed by atoms with Crippen molar-refractivity contribution in [3.8, 4) is 90.8 Å². The Bertz CT molecular complexity index is 6720. The van der Waals surface area contributed by atoms with E-state index in [1.54, 1.807) is 85.9 Å². The molecule has 0 atom stereocenters. The fourth-order valence-electron chi connectivity index (χ4n) is 12.4. The van der Waals surface area contributed by atoms with Crippen LogP contribution in [0, 0.1) is 0 Å². The number of hydrogen-bond donors (Lipinski definition) is 6. The summed E-state index contributed by atoms with van der Waals surface area (Å²) in [6.07, 6.45) is 13.3. The number of methoxy groups -OCH3 is 4. The SMILES string of the molecule is C=c1[nH]c(=O)c(=Cc2cn(-c3ccccc3)nc2-c2ccc(OC)cc2)c(=O)[nH]1.C=c1[nH]c(=O)c(=Cc2cn(-c3ccccc3)nc2-c2ccc(OC)cc2)c(=O)[nH]1.C=c1[nH]c(=O)c(=Cc2cn(-c3ccccc3)nc2-c2ccc(OC)cc2)c(=O)[nH]1.C=c1n(C)c(=O)c(=Cc2cn(-c3ccccc3)nc2-c2ccc(OC)cc2)c(=O)n1C. The summed E-state index contributed by atoms with van der Waals surface area (Å²) in [5.41, 5.74) is 8.82. The number of ether oxygens (including phenoxy) is 4. The van der Waals surface area contributed by atoms with Gasteiger partial charge in [0.15, 0.2) is 0 Å². The highest BCUT2D eigenvalue weighted by Crippen LogP contribution is 2.31. The smallest absolute Gasteiger partial charge is 0.264 e. The zero-order valence-corrected chi connectivity index (χ0v) is 64.6. The first-order valence-electron chi connectivity index (χ1n) is 36.3. The standard InChI is InChI=1S/C24H22N4O3.3C22H18N4O3/c1-16-26(2)23(29)21(24(30)27(16)3)14-18-15-28(19-8-6-5-7-9-19)25-22(18)17-10-12-20(31-4)13-11-17;3*1-14-23-21(27)19(22(28)24-14)12-16-13-26(17-6-4-3-5-7-17)25-20(16)15-8-10-18(29-2)11-9-15/h5-15H,1H2,2-4H3;3*3-13H,1H2,2H3,(H,23,27)(H,24,28). The van der Waals surface area contributed by atoms with Gasteiger partial charge in [-0.3, -0.25) is 47.5 Å². The fraction of sp³-hybridized carbons (Fsp3) is 0.0667. The van der Waals surface area contributed by atoms with Gasteiger partial charge in [-0.1, -0.05) is 99.1 Å². The number of benzene rings is 8. The number of nitrogens with one attached hydrogen (secondary N) is 6. The van der Waals surface area contributed by atoms with Crippen LogP contribution < -0.4 is 106 Å². The Hall–Kier alpha value is -16.5. The van der Waals surface area contributed by atoms with Gasteiger partial charge in [-0.2, -0.15) is 20.4 Å². The van der Waals surface area contributed by atoms with Crippen molar-refractivity contribution < 1.29 is 18.9 Å². The van der Waals surface area contributed by atoms with Crippen molar-refractivity contribution >= 4 is 50.6 Å². The van der Waals surface area contributed by atoms with Crippen molar-refractivity contribution in [2.75, 3.05) is 28.4 Å². The molecule has 0 fully saturated rings. The minimum Gasteiger partial charge on any atom is -0.497 e. The molecule has 8 heterocycles. The molecular weight excluding hydrogens is 1500 g/mol. The van der Waals surface area contributed by atoms with Gasteiger partial charge in [0.2, 0.25) is 0 Å². The largest absolute Gasteiger partial charge is 0.497 e. The zero-order valence-electron chi connectivity index (χ0n) is 64.6. The van der Waals surface area contributed by atoms with Gasteiger partial charge in [0.05, 0.1) is 74.0 Å². The van der Waals surface area contributed by atoms with Gasteiger partial charge in [-0.25, -0.2) is 18.7 Å². The van der Waals surface area contributed by atoms with Gasteiger partial charge in [-0.05, 0) is 170 Å². The molecule has 28 heteroatoms. The van der Waals surface area contributed by atoms with Crippen molar-refractivity contribution in [1.29, 1.82) is 0 Å². The number of aromatic amines is 6. The lowest BCUT2D eigenvalue weighted by atomic mass is 10.1. The van der Waals surface area contributed by atoms with Gasteiger partial charge in [-0.15, -0.1) is 0 Å². The molecule has 0 aliphatic rings. The van der Waals surface area contributed by atoms with Crippen LogP contribution in [-0.2, 0) is 14.1 Å². The van der Waals surface area contributed by atoms with Crippen molar-refractivity contribution in [3.63, 3.8) is 0 Å². The third-order valence-corrected chi connectivity index (χ3v) is 18.6. The van der Waals surface area contributed by atoms with Crippen LogP contribution in [0.15, 0.2) is 282 Å². The van der Waals surface area contributed by atoms with Gasteiger partial charge in [0.25, 0.3) is 44.5 Å². The highest BCUT2D eigenvalue weighted by atomic mass is 16.5. The summed E-state index contributed by atoms with van der Waals surface area (Å²) in [6, 6.07) is 68.1. The van der Waals surface area contributed by atoms with Crippen molar-refractivity contribution in [2.24, 2.45) is 14.1 Å². The number of rotatable bonds is 16. The molecule has 0 radical (unpaired) electrons. The van der Waals surface area contributed by atoms with E-state index in [0.29, 0.717) is 50.5 Å². The summed E-state index contributed by atoms with van der Waals surface area (Å²) >= 11 is 0. The predicted molar refractivity (Wildman–Crippen MR) is 456 cm³/mol. The second kappa shape index (κ2) is 35.5. The van der Waals surface area contributed by atoms with Crippen LogP contribution in [0.5, 0.6) is 23.0 Å². The molecule has 8 aromatic carbocycles. The lowest BCUT2D eigenvalue weighted by molar-refractivity contribution is 0.415. The third-order valence-electron chi connectivity index (χ3n) is 18.6. The summed E-state index contributed by atoms with van der Waals surface area (Å²) < 4.78 is 30.5. The second-order valence-electron chi connectivity index (χ2n) is 26.3. The molecule has 118 heavy (non-hydrogen) atoms. The monoisotopic (exact) mass is 1570 g/mol. The van der Waals surface area contributed by atoms with E-state index in [1.807, 2.05) is 225 Å². The van der Waals surface area contributed by atoms with Crippen LogP contribution in [0.4, 0.5) is 0 Å². The van der Waals surface area contributed by atoms with Crippen LogP contribution in [-0.4, -0.2) is 107 Å². The maximum absolute atomic E-state index is 12.8. The average molecular weight is 1570 g/mol. The summed E-state index contributed by atoms with van der Waals surface area (Å²) in [6.45, 7) is 14.5. The van der Waals surface area contributed by atoms with E-state index in [1.165, 1.54) is 27.4 Å². The number of aromatic nitrogens is 16. The zero-order chi connectivity index (χ0) is 83.3. The van der Waals surface area contributed by atoms with E-state index in [2.05, 4.69) is 71.5 Å². The highest BCUT2D eigenvalue weighted by molar-refractivity contribution is 5.76. The van der Waals surface area contributed by atoms with E-state index in [-0.39, 0.29) is 37.3 Å². The minimum absolute atomic E-state index is 0.0141. The number of para-hydroxylation sites is 4. The molecule has 28 nitrogen and oxygen atoms in total. The van der Waals surface area contributed by atoms with Crippen LogP contribution >= 0.6 is 0 Å². The third kappa shape index (κ3) is 18.0. The summed E-state index contributed by atoms with van der Waals surface area (Å²) in [5.74, 6) is 2.90. The number of hydrogen-bond acceptors (Lipinski definition) is 16. The van der Waals surface area contributed by atoms with E-state index in [0.717, 1.165) is 68.0 Å². The molecule has 16 aromatic rings. The lowest BCUT2D eigenvalue weighted by Gasteiger charge is -2.04. The normalized spacial score (nSPS) is 10.7. The Morgan fingerprint density at radius 1 is 0.280 bits per heavy atom. The van der Waals surface area contributed by atoms with Gasteiger partial charge in [0.1, 0.15) is 65.8 Å². The molecule has 588 valence electrons. The van der Waals surface area contributed by atoms with Crippen molar-refractivity contribution in [2.45, 2.75) is 0 Å². The molecule has 16 rings (SSSR count). The van der Waals surface area contributed by atoms with E-state index >= 15 is 0 Å². The van der Waals surface area contributed by atoms with Gasteiger partial charge < -0.3 is 48.9 Å². The van der Waals surface area contributed by atoms with E-state index < -0.39 is 44.5 Å². The second-order valence-corrected chi connectivity index (χ2v) is 26.3. The van der Waals surface area contributed by atoms with Crippen LogP contribution in [0.3, 0.4) is 0 Å². The Kier molecular flexibility index (Phi) is 23.9. The molecule has 0 unspecified atom stereocenters. The molecule has 0 saturated carbocycles. The first-order valence-corrected chi connectivity index (χ1v) is 36.3. The number of nitrogens with zero attached hydrogens (tertiary/aromatic N) is 10. The van der Waals surface area contributed by atoms with Crippen LogP contribution in [0.1, 0.15) is 22.3 Å². The molecule has 0 aliphatic heterocycles. The van der Waals surface area contributed by atoms with E-state index in [4.69, 9.17) is 24.0 Å². The van der Waals surface area contributed by atoms with Crippen LogP contribution in [0.25, 0.3) is 118 Å². The molecule has 0 saturated heterocycles. The summed E-state index contributed by atoms with van der Waals surface area (Å²) in [5, 5.41) is 18.8. The van der Waals surface area contributed by atoms with Crippen LogP contribution in [0.2, 0.25) is 0 Å². The molecule has 0 spiro atoms. The maximum atomic E-state index is 12.8. The molecule has 8 aromatic heterocycles. The highest BCUT2D eigenvalue weighted by Gasteiger charge is 2.18. The van der Waals surface area contributed by atoms with Gasteiger partial charge in [0, 0.05) is 83.4 Å². The Morgan fingerprint density at radius 3 is 0.669 bits per heavy atom. The summed E-state index contributed by atoms with van der Waals surface area (Å²) in [4.78, 5) is 114. The van der Waals surface area contributed by atoms with Crippen molar-refractivity contribution in [1.82, 2.24) is 78.2 Å². The fourth-order valence-corrected chi connectivity index (χ4v) is 12.4. The first kappa shape index (κ1) is 79.6. The molecule has 0 aliphatic carbocycles. The maximum Gasteiger partial charge on any atom is 0.264 e. The average Bonchev–Trinajstić information content (AvgIpc) is 1.53. The lowest BCUT2D eigenvalue weighted by Crippen LogP contribution is -2.56. The Morgan fingerprint density at radius 2 is 0.475 bits per heavy atom. The molecule has 6 N–H and O–H groups in total. The minimum atomic E-state index is -0.508. The Labute approximate surface area is 668 Å². The topological polar surface area (TPSA) is 349 Å². The molecule has 0 amide bonds. The quantitative estimate of drug-likeness (QED) is 0.0765. The number of H-pyrrole nitrogens is 6. The van der Waals surface area contributed by atoms with Crippen molar-refractivity contribution in [3.05, 3.63) is 391 Å². The molecule has 0 bridgehead atoms.